The first kappa shape index (κ1) is 8.65. The van der Waals surface area contributed by atoms with E-state index in [4.69, 9.17) is 4.52 Å². The number of carbonyl (C=O) groups excluding carboxylic acids is 1. The van der Waals surface area contributed by atoms with Crippen molar-refractivity contribution in [3.05, 3.63) is 29.5 Å². The van der Waals surface area contributed by atoms with E-state index in [1.165, 1.54) is 19.3 Å². The van der Waals surface area contributed by atoms with E-state index in [0.717, 1.165) is 22.9 Å². The first-order valence-corrected chi connectivity index (χ1v) is 5.23. The summed E-state index contributed by atoms with van der Waals surface area (Å²) < 4.78 is 5.24. The summed E-state index contributed by atoms with van der Waals surface area (Å²) in [7, 11) is 0. The molecule has 2 aromatic rings. The van der Waals surface area contributed by atoms with Crippen molar-refractivity contribution in [1.29, 1.82) is 0 Å². The summed E-state index contributed by atoms with van der Waals surface area (Å²) in [5.74, 6) is 0.563. The molecule has 3 rings (SSSR count). The van der Waals surface area contributed by atoms with Crippen LogP contribution < -0.4 is 0 Å². The van der Waals surface area contributed by atoms with Gasteiger partial charge in [0.1, 0.15) is 6.29 Å². The van der Waals surface area contributed by atoms with Gasteiger partial charge in [0.2, 0.25) is 0 Å². The average Bonchev–Trinajstić information content (AvgIpc) is 2.59. The van der Waals surface area contributed by atoms with E-state index in [1.807, 2.05) is 12.1 Å². The van der Waals surface area contributed by atoms with Crippen LogP contribution in [0, 0.1) is 0 Å². The Bertz CT molecular complexity index is 511. The minimum atomic E-state index is 0.563. The smallest absolute Gasteiger partial charge is 0.167 e. The molecule has 1 heterocycles. The number of hydrogen-bond donors (Lipinski definition) is 0. The van der Waals surface area contributed by atoms with Gasteiger partial charge in [-0.25, -0.2) is 0 Å². The highest BCUT2D eigenvalue weighted by molar-refractivity contribution is 5.87. The fourth-order valence-corrected chi connectivity index (χ4v) is 2.02. The lowest BCUT2D eigenvalue weighted by atomic mass is 9.82. The van der Waals surface area contributed by atoms with Crippen molar-refractivity contribution in [1.82, 2.24) is 5.16 Å². The van der Waals surface area contributed by atoms with Crippen molar-refractivity contribution < 1.29 is 9.32 Å². The Hall–Kier alpha value is -1.64. The molecule has 1 aromatic heterocycles. The van der Waals surface area contributed by atoms with Crippen molar-refractivity contribution in [2.75, 3.05) is 0 Å². The number of rotatable bonds is 2. The molecule has 1 aromatic carbocycles. The second-order valence-electron chi connectivity index (χ2n) is 4.07. The Labute approximate surface area is 87.1 Å². The zero-order valence-corrected chi connectivity index (χ0v) is 8.27. The summed E-state index contributed by atoms with van der Waals surface area (Å²) >= 11 is 0. The molecule has 1 saturated carbocycles. The molecule has 0 aliphatic heterocycles. The summed E-state index contributed by atoms with van der Waals surface area (Å²) in [5, 5.41) is 5.16. The number of aromatic nitrogens is 1. The van der Waals surface area contributed by atoms with E-state index in [9.17, 15) is 4.79 Å². The number of carbonyl (C=O) groups is 1. The van der Waals surface area contributed by atoms with Gasteiger partial charge in [-0.2, -0.15) is 0 Å². The van der Waals surface area contributed by atoms with Crippen molar-refractivity contribution >= 4 is 17.3 Å². The molecule has 0 N–H and O–H groups in total. The van der Waals surface area contributed by atoms with Crippen molar-refractivity contribution in [2.24, 2.45) is 0 Å². The third kappa shape index (κ3) is 1.27. The van der Waals surface area contributed by atoms with E-state index in [2.05, 4.69) is 5.16 Å². The van der Waals surface area contributed by atoms with Gasteiger partial charge in [0, 0.05) is 16.9 Å². The molecule has 3 nitrogen and oxygen atoms in total. The van der Waals surface area contributed by atoms with Crippen LogP contribution in [0.2, 0.25) is 0 Å². The van der Waals surface area contributed by atoms with Crippen LogP contribution in [0.25, 0.3) is 11.0 Å². The van der Waals surface area contributed by atoms with Gasteiger partial charge in [0.05, 0.1) is 5.69 Å². The lowest BCUT2D eigenvalue weighted by Crippen LogP contribution is -2.09. The minimum Gasteiger partial charge on any atom is -0.356 e. The SMILES string of the molecule is O=Cc1ccc2c(C3CCC3)noc2c1. The molecule has 1 fully saturated rings. The van der Waals surface area contributed by atoms with E-state index in [-0.39, 0.29) is 0 Å². The molecule has 0 amide bonds. The fraction of sp³-hybridized carbons (Fsp3) is 0.333. The van der Waals surface area contributed by atoms with Crippen LogP contribution in [-0.4, -0.2) is 11.4 Å². The van der Waals surface area contributed by atoms with Crippen LogP contribution in [-0.2, 0) is 0 Å². The normalized spacial score (nSPS) is 16.5. The molecule has 15 heavy (non-hydrogen) atoms. The van der Waals surface area contributed by atoms with Crippen LogP contribution in [0.15, 0.2) is 22.7 Å². The quantitative estimate of drug-likeness (QED) is 0.701. The summed E-state index contributed by atoms with van der Waals surface area (Å²) in [4.78, 5) is 10.6. The van der Waals surface area contributed by atoms with Gasteiger partial charge in [0.25, 0.3) is 0 Å². The number of aldehydes is 1. The highest BCUT2D eigenvalue weighted by atomic mass is 16.5. The predicted molar refractivity (Wildman–Crippen MR) is 56.0 cm³/mol. The van der Waals surface area contributed by atoms with Gasteiger partial charge in [-0.05, 0) is 25.0 Å². The largest absolute Gasteiger partial charge is 0.356 e. The van der Waals surface area contributed by atoms with E-state index < -0.39 is 0 Å². The maximum Gasteiger partial charge on any atom is 0.167 e. The Balaban J connectivity index is 2.13. The Morgan fingerprint density at radius 3 is 2.93 bits per heavy atom. The Morgan fingerprint density at radius 1 is 1.40 bits per heavy atom. The highest BCUT2D eigenvalue weighted by Gasteiger charge is 2.24. The maximum atomic E-state index is 10.6. The van der Waals surface area contributed by atoms with Crippen LogP contribution in [0.3, 0.4) is 0 Å². The summed E-state index contributed by atoms with van der Waals surface area (Å²) in [6.07, 6.45) is 4.52. The molecule has 0 unspecified atom stereocenters. The van der Waals surface area contributed by atoms with Crippen LogP contribution in [0.1, 0.15) is 41.2 Å². The molecular formula is C12H11NO2. The predicted octanol–water partition coefficient (Wildman–Crippen LogP) is 2.91. The van der Waals surface area contributed by atoms with Gasteiger partial charge in [-0.15, -0.1) is 0 Å². The zero-order valence-electron chi connectivity index (χ0n) is 8.27. The molecule has 1 aliphatic rings. The Kier molecular flexibility index (Phi) is 1.84. The van der Waals surface area contributed by atoms with Crippen LogP contribution in [0.4, 0.5) is 0 Å². The Morgan fingerprint density at radius 2 is 2.27 bits per heavy atom. The van der Waals surface area contributed by atoms with Crippen molar-refractivity contribution in [2.45, 2.75) is 25.2 Å². The molecule has 0 spiro atoms. The number of fused-ring (bicyclic) bond motifs is 1. The summed E-state index contributed by atoms with van der Waals surface area (Å²) in [6, 6.07) is 5.50. The molecule has 0 atom stereocenters. The van der Waals surface area contributed by atoms with Crippen molar-refractivity contribution in [3.8, 4) is 0 Å². The average molecular weight is 201 g/mol. The van der Waals surface area contributed by atoms with Crippen molar-refractivity contribution in [3.63, 3.8) is 0 Å². The van der Waals surface area contributed by atoms with Crippen LogP contribution >= 0.6 is 0 Å². The highest BCUT2D eigenvalue weighted by Crippen LogP contribution is 2.38. The van der Waals surface area contributed by atoms with Crippen LogP contribution in [0.5, 0.6) is 0 Å². The minimum absolute atomic E-state index is 0.563. The molecular weight excluding hydrogens is 190 g/mol. The molecule has 1 aliphatic carbocycles. The van der Waals surface area contributed by atoms with Gasteiger partial charge >= 0.3 is 0 Å². The first-order chi connectivity index (χ1) is 7.38. The lowest BCUT2D eigenvalue weighted by molar-refractivity contribution is 0.112. The second-order valence-corrected chi connectivity index (χ2v) is 4.07. The molecule has 0 saturated heterocycles. The third-order valence-electron chi connectivity index (χ3n) is 3.15. The monoisotopic (exact) mass is 201 g/mol. The van der Waals surface area contributed by atoms with Gasteiger partial charge < -0.3 is 4.52 Å². The number of benzene rings is 1. The molecule has 76 valence electrons. The fourth-order valence-electron chi connectivity index (χ4n) is 2.02. The zero-order chi connectivity index (χ0) is 10.3. The van der Waals surface area contributed by atoms with Gasteiger partial charge in [-0.1, -0.05) is 17.6 Å². The second kappa shape index (κ2) is 3.19. The van der Waals surface area contributed by atoms with E-state index >= 15 is 0 Å². The van der Waals surface area contributed by atoms with E-state index in [1.54, 1.807) is 6.07 Å². The standard InChI is InChI=1S/C12H11NO2/c14-7-8-4-5-10-11(6-8)15-13-12(10)9-2-1-3-9/h4-7,9H,1-3H2. The van der Waals surface area contributed by atoms with E-state index in [0.29, 0.717) is 11.5 Å². The van der Waals surface area contributed by atoms with Gasteiger partial charge in [-0.3, -0.25) is 4.79 Å². The third-order valence-corrected chi connectivity index (χ3v) is 3.15. The topological polar surface area (TPSA) is 43.1 Å². The first-order valence-electron chi connectivity index (χ1n) is 5.23. The number of hydrogen-bond acceptors (Lipinski definition) is 3. The number of nitrogens with zero attached hydrogens (tertiary/aromatic N) is 1. The van der Waals surface area contributed by atoms with Gasteiger partial charge in [0.15, 0.2) is 5.58 Å². The summed E-state index contributed by atoms with van der Waals surface area (Å²) in [6.45, 7) is 0. The molecule has 3 heteroatoms. The molecule has 0 bridgehead atoms. The molecule has 0 radical (unpaired) electrons. The summed E-state index contributed by atoms with van der Waals surface area (Å²) in [5.41, 5.74) is 2.43. The maximum absolute atomic E-state index is 10.6. The lowest BCUT2D eigenvalue weighted by Gasteiger charge is -2.22.